The molecule has 1 aromatic rings. The molecule has 25 heavy (non-hydrogen) atoms. The van der Waals surface area contributed by atoms with E-state index in [0.717, 1.165) is 37.6 Å². The predicted molar refractivity (Wildman–Crippen MR) is 108 cm³/mol. The molecule has 0 saturated carbocycles. The van der Waals surface area contributed by atoms with E-state index in [2.05, 4.69) is 25.2 Å². The lowest BCUT2D eigenvalue weighted by Crippen LogP contribution is -2.16. The van der Waals surface area contributed by atoms with Crippen molar-refractivity contribution in [1.82, 2.24) is 5.32 Å². The Balaban J connectivity index is 2.36. The van der Waals surface area contributed by atoms with Crippen molar-refractivity contribution in [2.24, 2.45) is 0 Å². The van der Waals surface area contributed by atoms with Gasteiger partial charge in [0.15, 0.2) is 11.5 Å². The summed E-state index contributed by atoms with van der Waals surface area (Å²) in [5, 5.41) is 3.56. The number of unbranched alkanes of at least 4 members (excludes halogenated alkanes) is 8. The minimum atomic E-state index is 0.769. The van der Waals surface area contributed by atoms with Gasteiger partial charge in [-0.1, -0.05) is 77.3 Å². The molecule has 0 amide bonds. The van der Waals surface area contributed by atoms with Gasteiger partial charge in [-0.2, -0.15) is 0 Å². The lowest BCUT2D eigenvalue weighted by Gasteiger charge is -2.15. The molecule has 3 heteroatoms. The van der Waals surface area contributed by atoms with Crippen LogP contribution >= 0.6 is 0 Å². The van der Waals surface area contributed by atoms with E-state index in [1.54, 1.807) is 7.11 Å². The Kier molecular flexibility index (Phi) is 13.2. The van der Waals surface area contributed by atoms with Crippen molar-refractivity contribution in [3.8, 4) is 11.5 Å². The van der Waals surface area contributed by atoms with Gasteiger partial charge in [0.25, 0.3) is 0 Å². The van der Waals surface area contributed by atoms with Crippen molar-refractivity contribution in [2.75, 3.05) is 20.3 Å². The molecule has 1 rings (SSSR count). The second kappa shape index (κ2) is 15.1. The number of methoxy groups -OCH3 is 1. The number of nitrogens with one attached hydrogen (secondary N) is 1. The van der Waals surface area contributed by atoms with E-state index in [1.807, 2.05) is 12.1 Å². The van der Waals surface area contributed by atoms with E-state index >= 15 is 0 Å². The molecule has 0 bridgehead atoms. The second-order valence-electron chi connectivity index (χ2n) is 6.80. The van der Waals surface area contributed by atoms with E-state index < -0.39 is 0 Å². The van der Waals surface area contributed by atoms with Crippen LogP contribution in [0.3, 0.4) is 0 Å². The highest BCUT2D eigenvalue weighted by atomic mass is 16.5. The van der Waals surface area contributed by atoms with Crippen LogP contribution in [0.15, 0.2) is 18.2 Å². The first kappa shape index (κ1) is 21.8. The Bertz CT molecular complexity index is 434. The smallest absolute Gasteiger partial charge is 0.165 e. The quantitative estimate of drug-likeness (QED) is 0.365. The molecule has 1 aromatic carbocycles. The second-order valence-corrected chi connectivity index (χ2v) is 6.80. The number of para-hydroxylation sites is 1. The minimum Gasteiger partial charge on any atom is -0.493 e. The SMILES string of the molecule is CCCCCCCCNCc1cccc(OC)c1OCCCCCC. The molecule has 0 aliphatic heterocycles. The van der Waals surface area contributed by atoms with Gasteiger partial charge in [0.2, 0.25) is 0 Å². The third-order valence-electron chi connectivity index (χ3n) is 4.55. The molecule has 0 fully saturated rings. The van der Waals surface area contributed by atoms with Crippen LogP contribution in [0.1, 0.15) is 83.6 Å². The van der Waals surface area contributed by atoms with Gasteiger partial charge in [-0.15, -0.1) is 0 Å². The maximum absolute atomic E-state index is 6.06. The van der Waals surface area contributed by atoms with Crippen LogP contribution in [0.4, 0.5) is 0 Å². The number of rotatable bonds is 16. The van der Waals surface area contributed by atoms with Crippen LogP contribution in [-0.2, 0) is 6.54 Å². The highest BCUT2D eigenvalue weighted by Gasteiger charge is 2.10. The average Bonchev–Trinajstić information content (AvgIpc) is 2.64. The number of hydrogen-bond donors (Lipinski definition) is 1. The molecule has 0 aliphatic rings. The zero-order valence-electron chi connectivity index (χ0n) is 16.7. The summed E-state index contributed by atoms with van der Waals surface area (Å²) in [6.07, 6.45) is 12.9. The van der Waals surface area contributed by atoms with Crippen molar-refractivity contribution in [1.29, 1.82) is 0 Å². The molecule has 0 heterocycles. The van der Waals surface area contributed by atoms with Gasteiger partial charge < -0.3 is 14.8 Å². The van der Waals surface area contributed by atoms with Gasteiger partial charge in [0.05, 0.1) is 13.7 Å². The van der Waals surface area contributed by atoms with E-state index in [9.17, 15) is 0 Å². The molecule has 0 radical (unpaired) electrons. The van der Waals surface area contributed by atoms with Crippen LogP contribution in [-0.4, -0.2) is 20.3 Å². The van der Waals surface area contributed by atoms with Crippen molar-refractivity contribution >= 4 is 0 Å². The molecule has 0 spiro atoms. The van der Waals surface area contributed by atoms with Gasteiger partial charge in [-0.3, -0.25) is 0 Å². The molecular weight excluding hydrogens is 310 g/mol. The zero-order valence-corrected chi connectivity index (χ0v) is 16.7. The first-order valence-electron chi connectivity index (χ1n) is 10.3. The molecule has 0 saturated heterocycles. The van der Waals surface area contributed by atoms with Gasteiger partial charge in [0.1, 0.15) is 0 Å². The normalized spacial score (nSPS) is 10.8. The Morgan fingerprint density at radius 2 is 1.52 bits per heavy atom. The van der Waals surface area contributed by atoms with E-state index in [1.165, 1.54) is 63.4 Å². The summed E-state index contributed by atoms with van der Waals surface area (Å²) in [7, 11) is 1.72. The first-order chi connectivity index (χ1) is 12.3. The standard InChI is InChI=1S/C22H39NO2/c1-4-6-8-10-11-12-17-23-19-20-15-14-16-21(24-3)22(20)25-18-13-9-7-5-2/h14-16,23H,4-13,17-19H2,1-3H3. The fraction of sp³-hybridized carbons (Fsp3) is 0.727. The average molecular weight is 350 g/mol. The number of ether oxygens (including phenoxy) is 2. The Hall–Kier alpha value is -1.22. The van der Waals surface area contributed by atoms with Crippen LogP contribution in [0.5, 0.6) is 11.5 Å². The van der Waals surface area contributed by atoms with E-state index in [-0.39, 0.29) is 0 Å². The largest absolute Gasteiger partial charge is 0.493 e. The Labute approximate surface area is 155 Å². The lowest BCUT2D eigenvalue weighted by atomic mass is 10.1. The van der Waals surface area contributed by atoms with Crippen LogP contribution in [0.2, 0.25) is 0 Å². The molecule has 0 aromatic heterocycles. The maximum atomic E-state index is 6.06. The highest BCUT2D eigenvalue weighted by molar-refractivity contribution is 5.46. The topological polar surface area (TPSA) is 30.5 Å². The summed E-state index contributed by atoms with van der Waals surface area (Å²) in [5.74, 6) is 1.76. The number of benzene rings is 1. The molecule has 0 unspecified atom stereocenters. The lowest BCUT2D eigenvalue weighted by molar-refractivity contribution is 0.281. The van der Waals surface area contributed by atoms with Crippen molar-refractivity contribution in [3.05, 3.63) is 23.8 Å². The Morgan fingerprint density at radius 1 is 0.840 bits per heavy atom. The molecule has 3 nitrogen and oxygen atoms in total. The van der Waals surface area contributed by atoms with Crippen molar-refractivity contribution in [3.63, 3.8) is 0 Å². The fourth-order valence-corrected chi connectivity index (χ4v) is 2.98. The fourth-order valence-electron chi connectivity index (χ4n) is 2.98. The van der Waals surface area contributed by atoms with E-state index in [4.69, 9.17) is 9.47 Å². The van der Waals surface area contributed by atoms with Crippen molar-refractivity contribution < 1.29 is 9.47 Å². The maximum Gasteiger partial charge on any atom is 0.165 e. The van der Waals surface area contributed by atoms with Gasteiger partial charge in [-0.25, -0.2) is 0 Å². The summed E-state index contributed by atoms with van der Waals surface area (Å²) in [4.78, 5) is 0. The summed E-state index contributed by atoms with van der Waals surface area (Å²) in [6.45, 7) is 7.17. The summed E-state index contributed by atoms with van der Waals surface area (Å²) >= 11 is 0. The van der Waals surface area contributed by atoms with Gasteiger partial charge in [-0.05, 0) is 25.5 Å². The monoisotopic (exact) mass is 349 g/mol. The molecule has 144 valence electrons. The number of hydrogen-bond acceptors (Lipinski definition) is 3. The highest BCUT2D eigenvalue weighted by Crippen LogP contribution is 2.31. The molecular formula is C22H39NO2. The van der Waals surface area contributed by atoms with Crippen LogP contribution < -0.4 is 14.8 Å². The first-order valence-corrected chi connectivity index (χ1v) is 10.3. The van der Waals surface area contributed by atoms with Crippen LogP contribution in [0, 0.1) is 0 Å². The third kappa shape index (κ3) is 9.74. The van der Waals surface area contributed by atoms with E-state index in [0.29, 0.717) is 0 Å². The molecule has 0 aliphatic carbocycles. The summed E-state index contributed by atoms with van der Waals surface area (Å²) in [6, 6.07) is 6.17. The molecule has 0 atom stereocenters. The molecule has 1 N–H and O–H groups in total. The Morgan fingerprint density at radius 3 is 2.24 bits per heavy atom. The predicted octanol–water partition coefficient (Wildman–Crippen LogP) is 6.10. The minimum absolute atomic E-state index is 0.769. The van der Waals surface area contributed by atoms with Gasteiger partial charge in [0, 0.05) is 12.1 Å². The third-order valence-corrected chi connectivity index (χ3v) is 4.55. The zero-order chi connectivity index (χ0) is 18.2. The van der Waals surface area contributed by atoms with Crippen molar-refractivity contribution in [2.45, 2.75) is 84.6 Å². The van der Waals surface area contributed by atoms with Crippen LogP contribution in [0.25, 0.3) is 0 Å². The summed E-state index contributed by atoms with van der Waals surface area (Å²) < 4.78 is 11.6. The summed E-state index contributed by atoms with van der Waals surface area (Å²) in [5.41, 5.74) is 1.20. The van der Waals surface area contributed by atoms with Gasteiger partial charge >= 0.3 is 0 Å².